The average molecular weight is 624 g/mol. The first-order valence-corrected chi connectivity index (χ1v) is 14.3. The molecule has 0 spiro atoms. The van der Waals surface area contributed by atoms with Gasteiger partial charge in [-0.05, 0) is 40.3 Å². The van der Waals surface area contributed by atoms with Gasteiger partial charge in [0.05, 0.1) is 0 Å². The summed E-state index contributed by atoms with van der Waals surface area (Å²) in [6.07, 6.45) is 1.26. The maximum absolute atomic E-state index is 14.4. The van der Waals surface area contributed by atoms with E-state index in [-0.39, 0.29) is 19.0 Å². The zero-order valence-electron chi connectivity index (χ0n) is 22.5. The van der Waals surface area contributed by atoms with Gasteiger partial charge in [0.1, 0.15) is 24.7 Å². The van der Waals surface area contributed by atoms with Crippen molar-refractivity contribution in [2.75, 3.05) is 12.1 Å². The minimum Gasteiger partial charge on any atom is -0.462 e. The molecule has 6 rings (SSSR count). The van der Waals surface area contributed by atoms with E-state index in [1.54, 1.807) is 10.6 Å². The van der Waals surface area contributed by atoms with Crippen LogP contribution in [0.3, 0.4) is 0 Å². The molecule has 1 aliphatic rings. The number of nitrogens with one attached hydrogen (secondary N) is 1. The molecule has 42 heavy (non-hydrogen) atoms. The van der Waals surface area contributed by atoms with Gasteiger partial charge in [0, 0.05) is 21.8 Å². The number of pyridine rings is 1. The van der Waals surface area contributed by atoms with Crippen LogP contribution in [-0.4, -0.2) is 17.5 Å². The summed E-state index contributed by atoms with van der Waals surface area (Å²) in [6, 6.07) is 33.8. The summed E-state index contributed by atoms with van der Waals surface area (Å²) in [6.45, 7) is 0.121. The van der Waals surface area contributed by atoms with Crippen molar-refractivity contribution in [1.29, 1.82) is 0 Å². The Kier molecular flexibility index (Phi) is 8.05. The van der Waals surface area contributed by atoms with Crippen LogP contribution in [0, 0.1) is 0 Å². The zero-order chi connectivity index (χ0) is 28.9. The second kappa shape index (κ2) is 12.4. The molecule has 1 aliphatic heterocycles. The summed E-state index contributed by atoms with van der Waals surface area (Å²) in [5.41, 5.74) is 3.05. The highest BCUT2D eigenvalue weighted by Crippen LogP contribution is 2.39. The predicted octanol–water partition coefficient (Wildman–Crippen LogP) is 7.81. The fourth-order valence-electron chi connectivity index (χ4n) is 5.15. The Bertz CT molecular complexity index is 1810. The molecule has 0 bridgehead atoms. The van der Waals surface area contributed by atoms with Crippen molar-refractivity contribution in [2.45, 2.75) is 19.1 Å². The third-order valence-electron chi connectivity index (χ3n) is 7.08. The van der Waals surface area contributed by atoms with E-state index in [2.05, 4.69) is 21.2 Å². The number of carbonyl (C=O) groups is 1. The second-order valence-corrected chi connectivity index (χ2v) is 10.7. The number of aromatic nitrogens is 1. The van der Waals surface area contributed by atoms with Crippen molar-refractivity contribution in [3.63, 3.8) is 0 Å². The number of ether oxygens (including phenoxy) is 3. The van der Waals surface area contributed by atoms with Gasteiger partial charge in [-0.3, -0.25) is 14.7 Å². The minimum absolute atomic E-state index is 0.0450. The number of anilines is 1. The minimum atomic E-state index is -0.686. The summed E-state index contributed by atoms with van der Waals surface area (Å²) >= 11 is 3.57. The third-order valence-corrected chi connectivity index (χ3v) is 7.57. The topological polar surface area (TPSA) is 78.8 Å². The molecule has 1 N–H and O–H groups in total. The predicted molar refractivity (Wildman–Crippen MR) is 166 cm³/mol. The molecule has 1 unspecified atom stereocenters. The summed E-state index contributed by atoms with van der Waals surface area (Å²) in [5, 5.41) is 4.14. The van der Waals surface area contributed by atoms with E-state index in [1.807, 2.05) is 103 Å². The van der Waals surface area contributed by atoms with E-state index < -0.39 is 12.1 Å². The smallest absolute Gasteiger partial charge is 0.413 e. The SMILES string of the molecule is O=C(Nc1c(-c2ccccc2)c2cc(Br)ccc2c(=O)n1C(Cc1ccccc1)C1=COCO1)OCc1ccccc1. The number of halogens is 1. The number of hydrogen-bond donors (Lipinski definition) is 1. The van der Waals surface area contributed by atoms with E-state index in [0.29, 0.717) is 34.3 Å². The van der Waals surface area contributed by atoms with Crippen molar-refractivity contribution < 1.29 is 19.0 Å². The Morgan fingerprint density at radius 2 is 1.55 bits per heavy atom. The summed E-state index contributed by atoms with van der Waals surface area (Å²) in [7, 11) is 0. The lowest BCUT2D eigenvalue weighted by Crippen LogP contribution is -2.32. The van der Waals surface area contributed by atoms with Crippen LogP contribution >= 0.6 is 15.9 Å². The standard InChI is InChI=1S/C34H27BrN2O5/c35-26-16-17-27-28(19-26)31(25-14-8-3-9-15-25)32(36-34(39)41-20-24-12-6-2-7-13-24)37(33(27)38)29(30-21-40-22-42-30)18-23-10-4-1-5-11-23/h1-17,19,21,29H,18,20,22H2,(H,36,39). The highest BCUT2D eigenvalue weighted by molar-refractivity contribution is 9.10. The molecule has 1 amide bonds. The lowest BCUT2D eigenvalue weighted by Gasteiger charge is -2.27. The molecule has 8 heteroatoms. The highest BCUT2D eigenvalue weighted by Gasteiger charge is 2.30. The van der Waals surface area contributed by atoms with Gasteiger partial charge in [-0.25, -0.2) is 4.79 Å². The molecule has 0 fully saturated rings. The number of carbonyl (C=O) groups excluding carboxylic acids is 1. The molecule has 0 radical (unpaired) electrons. The first kappa shape index (κ1) is 27.4. The Morgan fingerprint density at radius 3 is 2.21 bits per heavy atom. The zero-order valence-corrected chi connectivity index (χ0v) is 24.1. The fraction of sp³-hybridized carbons (Fsp3) is 0.118. The molecule has 210 valence electrons. The van der Waals surface area contributed by atoms with Crippen molar-refractivity contribution in [1.82, 2.24) is 4.57 Å². The molecule has 0 saturated carbocycles. The van der Waals surface area contributed by atoms with Crippen molar-refractivity contribution in [3.05, 3.63) is 147 Å². The van der Waals surface area contributed by atoms with Crippen LogP contribution in [0.5, 0.6) is 0 Å². The van der Waals surface area contributed by atoms with Gasteiger partial charge >= 0.3 is 6.09 Å². The third kappa shape index (κ3) is 5.80. The van der Waals surface area contributed by atoms with Crippen molar-refractivity contribution >= 4 is 38.6 Å². The summed E-state index contributed by atoms with van der Waals surface area (Å²) in [4.78, 5) is 27.8. The Morgan fingerprint density at radius 1 is 0.881 bits per heavy atom. The number of benzene rings is 4. The van der Waals surface area contributed by atoms with E-state index in [9.17, 15) is 9.59 Å². The monoisotopic (exact) mass is 622 g/mol. The van der Waals surface area contributed by atoms with E-state index >= 15 is 0 Å². The number of fused-ring (bicyclic) bond motifs is 1. The van der Waals surface area contributed by atoms with Gasteiger partial charge in [0.2, 0.25) is 6.79 Å². The van der Waals surface area contributed by atoms with Gasteiger partial charge in [-0.2, -0.15) is 0 Å². The lowest BCUT2D eigenvalue weighted by molar-refractivity contribution is 0.0711. The molecule has 1 aromatic heterocycles. The maximum atomic E-state index is 14.4. The van der Waals surface area contributed by atoms with E-state index in [0.717, 1.165) is 21.2 Å². The van der Waals surface area contributed by atoms with E-state index in [1.165, 1.54) is 6.26 Å². The van der Waals surface area contributed by atoms with Gasteiger partial charge in [0.25, 0.3) is 5.56 Å². The Labute approximate surface area is 251 Å². The summed E-state index contributed by atoms with van der Waals surface area (Å²) < 4.78 is 19.3. The van der Waals surface area contributed by atoms with Gasteiger partial charge < -0.3 is 14.2 Å². The number of allylic oxidation sites excluding steroid dienone is 1. The first-order valence-electron chi connectivity index (χ1n) is 13.5. The molecule has 1 atom stereocenters. The van der Waals surface area contributed by atoms with Crippen LogP contribution in [-0.2, 0) is 27.2 Å². The second-order valence-electron chi connectivity index (χ2n) is 9.80. The Hall–Kier alpha value is -4.82. The van der Waals surface area contributed by atoms with E-state index in [4.69, 9.17) is 14.2 Å². The molecule has 7 nitrogen and oxygen atoms in total. The first-order chi connectivity index (χ1) is 20.6. The van der Waals surface area contributed by atoms with Crippen LogP contribution in [0.25, 0.3) is 21.9 Å². The van der Waals surface area contributed by atoms with Crippen LogP contribution in [0.1, 0.15) is 17.2 Å². The summed E-state index contributed by atoms with van der Waals surface area (Å²) in [5.74, 6) is 0.782. The van der Waals surface area contributed by atoms with Gasteiger partial charge in [0.15, 0.2) is 5.76 Å². The maximum Gasteiger partial charge on any atom is 0.413 e. The Balaban J connectivity index is 1.57. The number of hydrogen-bond acceptors (Lipinski definition) is 5. The largest absolute Gasteiger partial charge is 0.462 e. The quantitative estimate of drug-likeness (QED) is 0.191. The molecule has 0 aliphatic carbocycles. The number of amides is 1. The van der Waals surface area contributed by atoms with Crippen molar-refractivity contribution in [2.24, 2.45) is 0 Å². The van der Waals surface area contributed by atoms with Gasteiger partial charge in [-0.15, -0.1) is 0 Å². The number of rotatable bonds is 8. The molecule has 0 saturated heterocycles. The lowest BCUT2D eigenvalue weighted by atomic mass is 9.97. The molecule has 4 aromatic carbocycles. The highest BCUT2D eigenvalue weighted by atomic mass is 79.9. The van der Waals surface area contributed by atoms with Gasteiger partial charge in [-0.1, -0.05) is 107 Å². The normalized spacial score (nSPS) is 13.1. The molecular weight excluding hydrogens is 596 g/mol. The van der Waals surface area contributed by atoms with Crippen LogP contribution in [0.4, 0.5) is 10.6 Å². The van der Waals surface area contributed by atoms with Crippen LogP contribution < -0.4 is 10.9 Å². The number of nitrogens with zero attached hydrogens (tertiary/aromatic N) is 1. The molecular formula is C34H27BrN2O5. The van der Waals surface area contributed by atoms with Crippen molar-refractivity contribution in [3.8, 4) is 11.1 Å². The fourth-order valence-corrected chi connectivity index (χ4v) is 5.51. The average Bonchev–Trinajstić information content (AvgIpc) is 3.56. The van der Waals surface area contributed by atoms with Crippen LogP contribution in [0.2, 0.25) is 0 Å². The van der Waals surface area contributed by atoms with Crippen LogP contribution in [0.15, 0.2) is 130 Å². The molecule has 2 heterocycles. The molecule has 5 aromatic rings.